The molecule has 0 radical (unpaired) electrons. The molecule has 162 valence electrons. The fourth-order valence-electron chi connectivity index (χ4n) is 3.34. The Kier molecular flexibility index (Phi) is 7.41. The smallest absolute Gasteiger partial charge is 0.228 e. The van der Waals surface area contributed by atoms with Crippen LogP contribution in [0.2, 0.25) is 0 Å². The largest absolute Gasteiger partial charge is 0.384 e. The normalized spacial score (nSPS) is 12.0. The highest BCUT2D eigenvalue weighted by molar-refractivity contribution is 7.91. The number of hydrogen-bond donors (Lipinski definition) is 0. The maximum atomic E-state index is 12.9. The fraction of sp³-hybridized carbons (Fsp3) is 0.429. The quantitative estimate of drug-likeness (QED) is 0.463. The number of rotatable bonds is 11. The van der Waals surface area contributed by atoms with Crippen molar-refractivity contribution in [2.45, 2.75) is 38.3 Å². The molecule has 0 saturated heterocycles. The summed E-state index contributed by atoms with van der Waals surface area (Å²) >= 11 is 0. The van der Waals surface area contributed by atoms with Crippen LogP contribution < -0.4 is 0 Å². The number of methoxy groups -OCH3 is 1. The van der Waals surface area contributed by atoms with Gasteiger partial charge in [-0.05, 0) is 19.5 Å². The Hall–Kier alpha value is -2.49. The molecule has 0 aliphatic rings. The minimum Gasteiger partial charge on any atom is -0.384 e. The molecule has 0 bridgehead atoms. The summed E-state index contributed by atoms with van der Waals surface area (Å²) in [5, 5.41) is 0.0851. The second-order valence-electron chi connectivity index (χ2n) is 7.22. The third kappa shape index (κ3) is 5.35. The van der Waals surface area contributed by atoms with Crippen LogP contribution in [0.15, 0.2) is 54.1 Å². The fourth-order valence-corrected chi connectivity index (χ4v) is 4.64. The second kappa shape index (κ2) is 10.0. The summed E-state index contributed by atoms with van der Waals surface area (Å²) in [4.78, 5) is 10.8. The van der Waals surface area contributed by atoms with E-state index in [1.165, 1.54) is 7.11 Å². The molecule has 8 nitrogen and oxygen atoms in total. The van der Waals surface area contributed by atoms with Crippen molar-refractivity contribution in [3.63, 3.8) is 0 Å². The van der Waals surface area contributed by atoms with Gasteiger partial charge in [-0.2, -0.15) is 0 Å². The number of sulfone groups is 1. The van der Waals surface area contributed by atoms with Gasteiger partial charge in [0.15, 0.2) is 0 Å². The van der Waals surface area contributed by atoms with Crippen LogP contribution in [-0.4, -0.2) is 58.9 Å². The van der Waals surface area contributed by atoms with Crippen molar-refractivity contribution in [2.24, 2.45) is 0 Å². The van der Waals surface area contributed by atoms with Gasteiger partial charge in [0.05, 0.1) is 37.3 Å². The van der Waals surface area contributed by atoms with Gasteiger partial charge < -0.3 is 13.9 Å². The standard InChI is InChI=1S/C21H29N5O3S/c1-4-25-11-10-22-20(25)17-24(2)16-19-14-23-21(30(27,28)13-12-29-3)26(19)15-18-8-6-5-7-9-18/h5-11,14H,4,12-13,15-17H2,1-3H3. The molecule has 0 aliphatic heterocycles. The van der Waals surface area contributed by atoms with Crippen molar-refractivity contribution in [1.29, 1.82) is 0 Å². The lowest BCUT2D eigenvalue weighted by Crippen LogP contribution is -2.23. The van der Waals surface area contributed by atoms with E-state index in [1.807, 2.05) is 43.6 Å². The van der Waals surface area contributed by atoms with Crippen LogP contribution in [0.5, 0.6) is 0 Å². The van der Waals surface area contributed by atoms with E-state index < -0.39 is 9.84 Å². The lowest BCUT2D eigenvalue weighted by atomic mass is 10.2. The summed E-state index contributed by atoms with van der Waals surface area (Å²) < 4.78 is 34.6. The molecule has 0 spiro atoms. The van der Waals surface area contributed by atoms with E-state index >= 15 is 0 Å². The second-order valence-corrected chi connectivity index (χ2v) is 9.22. The first-order valence-corrected chi connectivity index (χ1v) is 11.6. The third-order valence-corrected chi connectivity index (χ3v) is 6.49. The van der Waals surface area contributed by atoms with Gasteiger partial charge in [0.1, 0.15) is 5.82 Å². The average molecular weight is 432 g/mol. The molecule has 2 aromatic heterocycles. The van der Waals surface area contributed by atoms with Crippen molar-refractivity contribution in [1.82, 2.24) is 24.0 Å². The summed E-state index contributed by atoms with van der Waals surface area (Å²) in [6.07, 6.45) is 5.42. The summed E-state index contributed by atoms with van der Waals surface area (Å²) in [5.74, 6) is 0.875. The van der Waals surface area contributed by atoms with E-state index in [0.717, 1.165) is 23.6 Å². The molecular weight excluding hydrogens is 402 g/mol. The molecule has 2 heterocycles. The maximum absolute atomic E-state index is 12.9. The first-order valence-electron chi connectivity index (χ1n) is 9.93. The minimum absolute atomic E-state index is 0.0851. The zero-order valence-electron chi connectivity index (χ0n) is 17.7. The summed E-state index contributed by atoms with van der Waals surface area (Å²) in [7, 11) is -0.0706. The Morgan fingerprint density at radius 3 is 2.60 bits per heavy atom. The molecule has 30 heavy (non-hydrogen) atoms. The minimum atomic E-state index is -3.56. The number of benzene rings is 1. The monoisotopic (exact) mass is 431 g/mol. The summed E-state index contributed by atoms with van der Waals surface area (Å²) in [6.45, 7) is 4.72. The van der Waals surface area contributed by atoms with E-state index in [-0.39, 0.29) is 17.5 Å². The molecule has 0 atom stereocenters. The molecule has 0 saturated carbocycles. The number of ether oxygens (including phenoxy) is 1. The number of nitrogens with zero attached hydrogens (tertiary/aromatic N) is 5. The SMILES string of the molecule is CCn1ccnc1CN(C)Cc1cnc(S(=O)(=O)CCOC)n1Cc1ccccc1. The Balaban J connectivity index is 1.87. The highest BCUT2D eigenvalue weighted by Gasteiger charge is 2.24. The van der Waals surface area contributed by atoms with Gasteiger partial charge in [-0.3, -0.25) is 4.90 Å². The highest BCUT2D eigenvalue weighted by atomic mass is 32.2. The molecule has 0 aliphatic carbocycles. The van der Waals surface area contributed by atoms with E-state index in [1.54, 1.807) is 17.0 Å². The van der Waals surface area contributed by atoms with Gasteiger partial charge in [-0.25, -0.2) is 18.4 Å². The molecule has 0 N–H and O–H groups in total. The molecule has 3 rings (SSSR count). The molecule has 1 aromatic carbocycles. The van der Waals surface area contributed by atoms with Gasteiger partial charge in [0.25, 0.3) is 0 Å². The maximum Gasteiger partial charge on any atom is 0.228 e. The van der Waals surface area contributed by atoms with Crippen molar-refractivity contribution in [3.8, 4) is 0 Å². The average Bonchev–Trinajstić information content (AvgIpc) is 3.34. The van der Waals surface area contributed by atoms with Crippen molar-refractivity contribution < 1.29 is 13.2 Å². The Morgan fingerprint density at radius 2 is 1.90 bits per heavy atom. The molecule has 0 fully saturated rings. The van der Waals surface area contributed by atoms with Crippen LogP contribution in [0.4, 0.5) is 0 Å². The predicted octanol–water partition coefficient (Wildman–Crippen LogP) is 2.20. The predicted molar refractivity (Wildman–Crippen MR) is 115 cm³/mol. The van der Waals surface area contributed by atoms with Gasteiger partial charge in [0.2, 0.25) is 15.0 Å². The van der Waals surface area contributed by atoms with E-state index in [0.29, 0.717) is 19.6 Å². The molecule has 9 heteroatoms. The molecular formula is C21H29N5O3S. The van der Waals surface area contributed by atoms with Gasteiger partial charge in [-0.1, -0.05) is 30.3 Å². The van der Waals surface area contributed by atoms with Gasteiger partial charge in [-0.15, -0.1) is 0 Å². The van der Waals surface area contributed by atoms with E-state index in [9.17, 15) is 8.42 Å². The zero-order chi connectivity index (χ0) is 21.6. The van der Waals surface area contributed by atoms with Crippen molar-refractivity contribution in [2.75, 3.05) is 26.5 Å². The van der Waals surface area contributed by atoms with E-state index in [4.69, 9.17) is 4.74 Å². The molecule has 0 amide bonds. The summed E-state index contributed by atoms with van der Waals surface area (Å²) in [6, 6.07) is 9.80. The van der Waals surface area contributed by atoms with Crippen LogP contribution >= 0.6 is 0 Å². The Labute approximate surface area is 178 Å². The first-order chi connectivity index (χ1) is 14.4. The number of hydrogen-bond acceptors (Lipinski definition) is 6. The third-order valence-electron chi connectivity index (χ3n) is 4.91. The van der Waals surface area contributed by atoms with Gasteiger partial charge in [0, 0.05) is 32.6 Å². The van der Waals surface area contributed by atoms with Crippen LogP contribution in [0.3, 0.4) is 0 Å². The molecule has 0 unspecified atom stereocenters. The van der Waals surface area contributed by atoms with Crippen LogP contribution in [0, 0.1) is 0 Å². The van der Waals surface area contributed by atoms with E-state index in [2.05, 4.69) is 26.4 Å². The van der Waals surface area contributed by atoms with Gasteiger partial charge >= 0.3 is 0 Å². The van der Waals surface area contributed by atoms with Crippen molar-refractivity contribution in [3.05, 3.63) is 66.0 Å². The number of aryl methyl sites for hydroxylation is 1. The Morgan fingerprint density at radius 1 is 1.13 bits per heavy atom. The highest BCUT2D eigenvalue weighted by Crippen LogP contribution is 2.18. The van der Waals surface area contributed by atoms with Crippen LogP contribution in [0.1, 0.15) is 24.0 Å². The number of aromatic nitrogens is 4. The Bertz CT molecular complexity index is 1040. The van der Waals surface area contributed by atoms with Crippen LogP contribution in [-0.2, 0) is 40.8 Å². The lowest BCUT2D eigenvalue weighted by molar-refractivity contribution is 0.217. The van der Waals surface area contributed by atoms with Crippen LogP contribution in [0.25, 0.3) is 0 Å². The topological polar surface area (TPSA) is 82.2 Å². The summed E-state index contributed by atoms with van der Waals surface area (Å²) in [5.41, 5.74) is 1.86. The zero-order valence-corrected chi connectivity index (χ0v) is 18.5. The van der Waals surface area contributed by atoms with Crippen molar-refractivity contribution >= 4 is 9.84 Å². The molecule has 3 aromatic rings. The lowest BCUT2D eigenvalue weighted by Gasteiger charge is -2.19. The first kappa shape index (κ1) is 22.2. The number of imidazole rings is 2.